The van der Waals surface area contributed by atoms with Gasteiger partial charge < -0.3 is 9.47 Å². The first kappa shape index (κ1) is 10.4. The largest absolute Gasteiger partial charge is 0.497 e. The summed E-state index contributed by atoms with van der Waals surface area (Å²) in [6.45, 7) is 1.64. The van der Waals surface area contributed by atoms with Gasteiger partial charge in [-0.2, -0.15) is 0 Å². The number of rotatable bonds is 2. The summed E-state index contributed by atoms with van der Waals surface area (Å²) >= 11 is 0. The average molecular weight is 217 g/mol. The van der Waals surface area contributed by atoms with Crippen molar-refractivity contribution in [3.05, 3.63) is 35.5 Å². The molecule has 0 saturated heterocycles. The Balaban J connectivity index is 2.32. The molecule has 0 atom stereocenters. The van der Waals surface area contributed by atoms with Crippen molar-refractivity contribution < 1.29 is 14.3 Å². The second kappa shape index (κ2) is 4.18. The van der Waals surface area contributed by atoms with E-state index >= 15 is 0 Å². The molecule has 0 spiro atoms. The van der Waals surface area contributed by atoms with E-state index in [1.165, 1.54) is 0 Å². The summed E-state index contributed by atoms with van der Waals surface area (Å²) in [5.74, 6) is 0.695. The lowest BCUT2D eigenvalue weighted by molar-refractivity contribution is -0.130. The predicted octanol–water partition coefficient (Wildman–Crippen LogP) is 2.01. The minimum absolute atomic E-state index is 0.311. The fraction of sp³-hybridized carbons (Fsp3) is 0.167. The molecular weight excluding hydrogens is 206 g/mol. The second-order valence-corrected chi connectivity index (χ2v) is 3.33. The lowest BCUT2D eigenvalue weighted by Gasteiger charge is -2.00. The van der Waals surface area contributed by atoms with Crippen LogP contribution in [0.15, 0.2) is 35.0 Å². The highest BCUT2D eigenvalue weighted by Gasteiger charge is 2.19. The second-order valence-electron chi connectivity index (χ2n) is 3.33. The molecule has 1 aliphatic heterocycles. The van der Waals surface area contributed by atoms with E-state index in [9.17, 15) is 4.79 Å². The standard InChI is InChI=1S/C12H11NO3/c1-8-13-11(12(14)16-8)7-9-4-3-5-10(6-9)15-2/h3-7H,1-2H3/b11-7-. The zero-order valence-electron chi connectivity index (χ0n) is 9.06. The Labute approximate surface area is 93.2 Å². The van der Waals surface area contributed by atoms with Crippen LogP contribution in [0.25, 0.3) is 6.08 Å². The lowest BCUT2D eigenvalue weighted by atomic mass is 10.2. The van der Waals surface area contributed by atoms with Crippen molar-refractivity contribution >= 4 is 17.9 Å². The van der Waals surface area contributed by atoms with Gasteiger partial charge in [0.05, 0.1) is 7.11 Å². The van der Waals surface area contributed by atoms with Crippen LogP contribution in [-0.4, -0.2) is 19.0 Å². The Kier molecular flexibility index (Phi) is 2.72. The average Bonchev–Trinajstić information content (AvgIpc) is 2.58. The molecule has 1 heterocycles. The van der Waals surface area contributed by atoms with E-state index in [4.69, 9.17) is 9.47 Å². The lowest BCUT2D eigenvalue weighted by Crippen LogP contribution is -1.99. The van der Waals surface area contributed by atoms with Crippen LogP contribution in [0.2, 0.25) is 0 Å². The summed E-state index contributed by atoms with van der Waals surface area (Å²) in [5, 5.41) is 0. The molecule has 0 aromatic heterocycles. The van der Waals surface area contributed by atoms with Gasteiger partial charge >= 0.3 is 5.97 Å². The van der Waals surface area contributed by atoms with E-state index in [0.717, 1.165) is 11.3 Å². The zero-order chi connectivity index (χ0) is 11.5. The molecule has 0 amide bonds. The van der Waals surface area contributed by atoms with Crippen molar-refractivity contribution in [2.75, 3.05) is 7.11 Å². The highest BCUT2D eigenvalue weighted by molar-refractivity contribution is 6.06. The van der Waals surface area contributed by atoms with E-state index < -0.39 is 5.97 Å². The van der Waals surface area contributed by atoms with Crippen LogP contribution in [0, 0.1) is 0 Å². The minimum atomic E-state index is -0.416. The molecule has 2 rings (SSSR count). The molecular formula is C12H11NO3. The number of benzene rings is 1. The number of nitrogens with zero attached hydrogens (tertiary/aromatic N) is 1. The van der Waals surface area contributed by atoms with Gasteiger partial charge in [0.1, 0.15) is 5.75 Å². The molecule has 1 aromatic carbocycles. The number of aliphatic imine (C=N–C) groups is 1. The topological polar surface area (TPSA) is 47.9 Å². The molecule has 4 nitrogen and oxygen atoms in total. The fourth-order valence-corrected chi connectivity index (χ4v) is 1.40. The molecule has 0 fully saturated rings. The Bertz CT molecular complexity index is 489. The molecule has 0 N–H and O–H groups in total. The van der Waals surface area contributed by atoms with Gasteiger partial charge in [-0.3, -0.25) is 0 Å². The first-order valence-electron chi connectivity index (χ1n) is 4.82. The number of hydrogen-bond acceptors (Lipinski definition) is 4. The van der Waals surface area contributed by atoms with E-state index in [1.807, 2.05) is 24.3 Å². The Hall–Kier alpha value is -2.10. The number of carbonyl (C=O) groups excluding carboxylic acids is 1. The Morgan fingerprint density at radius 2 is 2.25 bits per heavy atom. The van der Waals surface area contributed by atoms with E-state index in [2.05, 4.69) is 4.99 Å². The summed E-state index contributed by atoms with van der Waals surface area (Å²) in [7, 11) is 1.60. The summed E-state index contributed by atoms with van der Waals surface area (Å²) in [6, 6.07) is 7.38. The van der Waals surface area contributed by atoms with Crippen molar-refractivity contribution in [2.45, 2.75) is 6.92 Å². The number of hydrogen-bond donors (Lipinski definition) is 0. The van der Waals surface area contributed by atoms with Crippen LogP contribution in [0.5, 0.6) is 5.75 Å². The third kappa shape index (κ3) is 2.11. The molecule has 82 valence electrons. The maximum Gasteiger partial charge on any atom is 0.363 e. The summed E-state index contributed by atoms with van der Waals surface area (Å²) < 4.78 is 9.90. The summed E-state index contributed by atoms with van der Waals surface area (Å²) in [6.07, 6.45) is 1.67. The summed E-state index contributed by atoms with van der Waals surface area (Å²) in [4.78, 5) is 15.3. The van der Waals surface area contributed by atoms with Crippen molar-refractivity contribution in [3.8, 4) is 5.75 Å². The molecule has 0 saturated carbocycles. The third-order valence-electron chi connectivity index (χ3n) is 2.12. The monoisotopic (exact) mass is 217 g/mol. The van der Waals surface area contributed by atoms with Crippen LogP contribution in [0.4, 0.5) is 0 Å². The third-order valence-corrected chi connectivity index (χ3v) is 2.12. The smallest absolute Gasteiger partial charge is 0.363 e. The SMILES string of the molecule is COc1cccc(/C=C2\N=C(C)OC2=O)c1. The maximum absolute atomic E-state index is 11.3. The van der Waals surface area contributed by atoms with Gasteiger partial charge in [-0.15, -0.1) is 0 Å². The fourth-order valence-electron chi connectivity index (χ4n) is 1.40. The molecule has 0 aliphatic carbocycles. The van der Waals surface area contributed by atoms with Crippen LogP contribution in [-0.2, 0) is 9.53 Å². The molecule has 0 unspecified atom stereocenters. The predicted molar refractivity (Wildman–Crippen MR) is 60.2 cm³/mol. The quantitative estimate of drug-likeness (QED) is 0.562. The molecule has 0 bridgehead atoms. The number of methoxy groups -OCH3 is 1. The first-order chi connectivity index (χ1) is 7.69. The van der Waals surface area contributed by atoms with Gasteiger partial charge in [0.2, 0.25) is 0 Å². The van der Waals surface area contributed by atoms with Gasteiger partial charge in [-0.05, 0) is 23.8 Å². The first-order valence-corrected chi connectivity index (χ1v) is 4.82. The van der Waals surface area contributed by atoms with Crippen molar-refractivity contribution in [1.29, 1.82) is 0 Å². The van der Waals surface area contributed by atoms with Crippen LogP contribution in [0.1, 0.15) is 12.5 Å². The summed E-state index contributed by atoms with van der Waals surface area (Å²) in [5.41, 5.74) is 1.16. The number of esters is 1. The highest BCUT2D eigenvalue weighted by Crippen LogP contribution is 2.18. The van der Waals surface area contributed by atoms with Gasteiger partial charge in [0, 0.05) is 6.92 Å². The minimum Gasteiger partial charge on any atom is -0.497 e. The maximum atomic E-state index is 11.3. The van der Waals surface area contributed by atoms with Crippen LogP contribution < -0.4 is 4.74 Å². The van der Waals surface area contributed by atoms with Gasteiger partial charge in [-0.25, -0.2) is 9.79 Å². The molecule has 16 heavy (non-hydrogen) atoms. The van der Waals surface area contributed by atoms with E-state index in [1.54, 1.807) is 20.1 Å². The molecule has 1 aromatic rings. The number of carbonyl (C=O) groups is 1. The van der Waals surface area contributed by atoms with Crippen LogP contribution >= 0.6 is 0 Å². The molecule has 0 radical (unpaired) electrons. The zero-order valence-corrected chi connectivity index (χ0v) is 9.06. The van der Waals surface area contributed by atoms with Crippen molar-refractivity contribution in [3.63, 3.8) is 0 Å². The van der Waals surface area contributed by atoms with Crippen molar-refractivity contribution in [1.82, 2.24) is 0 Å². The van der Waals surface area contributed by atoms with E-state index in [0.29, 0.717) is 11.6 Å². The van der Waals surface area contributed by atoms with E-state index in [-0.39, 0.29) is 0 Å². The number of cyclic esters (lactones) is 1. The van der Waals surface area contributed by atoms with Gasteiger partial charge in [0.25, 0.3) is 0 Å². The van der Waals surface area contributed by atoms with Gasteiger partial charge in [-0.1, -0.05) is 12.1 Å². The van der Waals surface area contributed by atoms with Crippen molar-refractivity contribution in [2.24, 2.45) is 4.99 Å². The molecule has 4 heteroatoms. The Morgan fingerprint density at radius 1 is 1.44 bits per heavy atom. The Morgan fingerprint density at radius 3 is 2.88 bits per heavy atom. The normalized spacial score (nSPS) is 17.2. The van der Waals surface area contributed by atoms with Gasteiger partial charge in [0.15, 0.2) is 11.6 Å². The molecule has 1 aliphatic rings. The highest BCUT2D eigenvalue weighted by atomic mass is 16.6. The van der Waals surface area contributed by atoms with Crippen LogP contribution in [0.3, 0.4) is 0 Å². The number of ether oxygens (including phenoxy) is 2.